The molecule has 0 atom stereocenters. The summed E-state index contributed by atoms with van der Waals surface area (Å²) < 4.78 is 0.843. The average Bonchev–Trinajstić information content (AvgIpc) is 3.05. The molecule has 3 nitrogen and oxygen atoms in total. The summed E-state index contributed by atoms with van der Waals surface area (Å²) in [5, 5.41) is 6.03. The van der Waals surface area contributed by atoms with Crippen molar-refractivity contribution in [2.75, 3.05) is 11.1 Å². The third-order valence-corrected chi connectivity index (χ3v) is 5.93. The molecule has 0 fully saturated rings. The third-order valence-electron chi connectivity index (χ3n) is 3.35. The molecule has 2 aromatic carbocycles. The molecule has 0 saturated heterocycles. The van der Waals surface area contributed by atoms with E-state index in [2.05, 4.69) is 10.3 Å². The summed E-state index contributed by atoms with van der Waals surface area (Å²) in [6, 6.07) is 13.1. The Morgan fingerprint density at radius 3 is 2.68 bits per heavy atom. The number of carbonyl (C=O) groups is 1. The molecule has 25 heavy (non-hydrogen) atoms. The Kier molecular flexibility index (Phi) is 6.02. The third kappa shape index (κ3) is 4.98. The van der Waals surface area contributed by atoms with Gasteiger partial charge in [-0.05, 0) is 36.8 Å². The Labute approximate surface area is 164 Å². The van der Waals surface area contributed by atoms with Crippen LogP contribution in [0.25, 0.3) is 11.3 Å². The van der Waals surface area contributed by atoms with Gasteiger partial charge in [0.25, 0.3) is 0 Å². The molecule has 0 unspecified atom stereocenters. The highest BCUT2D eigenvalue weighted by atomic mass is 35.5. The van der Waals surface area contributed by atoms with Crippen LogP contribution in [0.3, 0.4) is 0 Å². The molecule has 3 rings (SSSR count). The van der Waals surface area contributed by atoms with Crippen molar-refractivity contribution in [1.82, 2.24) is 4.98 Å². The average molecular weight is 409 g/mol. The minimum atomic E-state index is -0.112. The molecular weight excluding hydrogens is 395 g/mol. The fraction of sp³-hybridized carbons (Fsp3) is 0.111. The van der Waals surface area contributed by atoms with E-state index in [4.69, 9.17) is 23.2 Å². The van der Waals surface area contributed by atoms with Crippen molar-refractivity contribution in [3.05, 3.63) is 63.5 Å². The zero-order chi connectivity index (χ0) is 17.8. The zero-order valence-corrected chi connectivity index (χ0v) is 16.4. The molecule has 0 bridgehead atoms. The molecule has 7 heteroatoms. The van der Waals surface area contributed by atoms with E-state index in [0.717, 1.165) is 21.2 Å². The Morgan fingerprint density at radius 2 is 1.96 bits per heavy atom. The molecule has 0 spiro atoms. The van der Waals surface area contributed by atoms with Crippen LogP contribution in [-0.2, 0) is 4.79 Å². The summed E-state index contributed by atoms with van der Waals surface area (Å²) in [4.78, 5) is 16.7. The number of amides is 1. The smallest absolute Gasteiger partial charge is 0.234 e. The highest BCUT2D eigenvalue weighted by molar-refractivity contribution is 8.01. The first kappa shape index (κ1) is 18.3. The first-order chi connectivity index (χ1) is 12.0. The van der Waals surface area contributed by atoms with Crippen molar-refractivity contribution in [3.8, 4) is 11.3 Å². The van der Waals surface area contributed by atoms with Crippen LogP contribution in [0.2, 0.25) is 10.0 Å². The molecule has 1 heterocycles. The zero-order valence-electron chi connectivity index (χ0n) is 13.3. The number of rotatable bonds is 5. The first-order valence-corrected chi connectivity index (χ1v) is 10.0. The van der Waals surface area contributed by atoms with E-state index in [1.54, 1.807) is 0 Å². The lowest BCUT2D eigenvalue weighted by Crippen LogP contribution is -2.14. The number of thioether (sulfide) groups is 1. The summed E-state index contributed by atoms with van der Waals surface area (Å²) in [5.74, 6) is 0.164. The fourth-order valence-electron chi connectivity index (χ4n) is 2.11. The molecule has 0 saturated carbocycles. The Bertz CT molecular complexity index is 894. The maximum Gasteiger partial charge on any atom is 0.234 e. The maximum absolute atomic E-state index is 12.1. The van der Waals surface area contributed by atoms with Gasteiger partial charge in [-0.15, -0.1) is 11.3 Å². The number of hydrogen-bond donors (Lipinski definition) is 1. The van der Waals surface area contributed by atoms with Crippen molar-refractivity contribution in [2.24, 2.45) is 0 Å². The van der Waals surface area contributed by atoms with Crippen LogP contribution < -0.4 is 5.32 Å². The number of aromatic nitrogens is 1. The maximum atomic E-state index is 12.1. The topological polar surface area (TPSA) is 42.0 Å². The molecular formula is C18H14Cl2N2OS2. The highest BCUT2D eigenvalue weighted by Gasteiger charge is 2.10. The van der Waals surface area contributed by atoms with Gasteiger partial charge in [-0.25, -0.2) is 4.98 Å². The molecule has 1 amide bonds. The second kappa shape index (κ2) is 8.23. The summed E-state index contributed by atoms with van der Waals surface area (Å²) >= 11 is 14.9. The SMILES string of the molecule is Cc1ccc(NC(=O)CSc2nc(-c3ccc(Cl)cc3)cs2)c(Cl)c1. The van der Waals surface area contributed by atoms with Crippen molar-refractivity contribution < 1.29 is 4.79 Å². The van der Waals surface area contributed by atoms with E-state index in [1.165, 1.54) is 23.1 Å². The summed E-state index contributed by atoms with van der Waals surface area (Å²) in [6.45, 7) is 1.95. The summed E-state index contributed by atoms with van der Waals surface area (Å²) in [6.07, 6.45) is 0. The van der Waals surface area contributed by atoms with Gasteiger partial charge in [-0.1, -0.05) is 53.2 Å². The number of nitrogens with zero attached hydrogens (tertiary/aromatic N) is 1. The quantitative estimate of drug-likeness (QED) is 0.514. The lowest BCUT2D eigenvalue weighted by atomic mass is 10.2. The predicted molar refractivity (Wildman–Crippen MR) is 108 cm³/mol. The van der Waals surface area contributed by atoms with Gasteiger partial charge in [0.2, 0.25) is 5.91 Å². The number of benzene rings is 2. The number of carbonyl (C=O) groups excluding carboxylic acids is 1. The standard InChI is InChI=1S/C18H14Cl2N2OS2/c1-11-2-7-15(14(20)8-11)21-17(23)10-25-18-22-16(9-24-18)12-3-5-13(19)6-4-12/h2-9H,10H2,1H3,(H,21,23). The van der Waals surface area contributed by atoms with E-state index < -0.39 is 0 Å². The molecule has 0 aliphatic heterocycles. The van der Waals surface area contributed by atoms with Crippen LogP contribution >= 0.6 is 46.3 Å². The van der Waals surface area contributed by atoms with E-state index >= 15 is 0 Å². The number of halogens is 2. The lowest BCUT2D eigenvalue weighted by molar-refractivity contribution is -0.113. The molecule has 0 aliphatic rings. The van der Waals surface area contributed by atoms with Gasteiger partial charge in [0.05, 0.1) is 22.2 Å². The van der Waals surface area contributed by atoms with Gasteiger partial charge in [0, 0.05) is 16.0 Å². The number of anilines is 1. The molecule has 1 aromatic heterocycles. The van der Waals surface area contributed by atoms with Crippen molar-refractivity contribution in [2.45, 2.75) is 11.3 Å². The minimum Gasteiger partial charge on any atom is -0.324 e. The normalized spacial score (nSPS) is 10.7. The van der Waals surface area contributed by atoms with E-state index in [9.17, 15) is 4.79 Å². The molecule has 0 aliphatic carbocycles. The number of aryl methyl sites for hydroxylation is 1. The fourth-order valence-corrected chi connectivity index (χ4v) is 4.16. The van der Waals surface area contributed by atoms with Crippen LogP contribution in [0.1, 0.15) is 5.56 Å². The van der Waals surface area contributed by atoms with Crippen molar-refractivity contribution >= 4 is 57.9 Å². The molecule has 3 aromatic rings. The van der Waals surface area contributed by atoms with Gasteiger partial charge >= 0.3 is 0 Å². The Morgan fingerprint density at radius 1 is 1.20 bits per heavy atom. The van der Waals surface area contributed by atoms with Gasteiger partial charge in [0.1, 0.15) is 0 Å². The predicted octanol–water partition coefficient (Wildman–Crippen LogP) is 6.16. The Balaban J connectivity index is 1.58. The van der Waals surface area contributed by atoms with Crippen LogP contribution in [0.4, 0.5) is 5.69 Å². The monoisotopic (exact) mass is 408 g/mol. The van der Waals surface area contributed by atoms with Gasteiger partial charge in [-0.3, -0.25) is 4.79 Å². The summed E-state index contributed by atoms with van der Waals surface area (Å²) in [5.41, 5.74) is 3.56. The molecule has 1 N–H and O–H groups in total. The second-order valence-corrected chi connectivity index (χ2v) is 8.25. The van der Waals surface area contributed by atoms with Gasteiger partial charge in [0.15, 0.2) is 4.34 Å². The lowest BCUT2D eigenvalue weighted by Gasteiger charge is -2.07. The second-order valence-electron chi connectivity index (χ2n) is 5.33. The largest absolute Gasteiger partial charge is 0.324 e. The first-order valence-electron chi connectivity index (χ1n) is 7.41. The van der Waals surface area contributed by atoms with Crippen molar-refractivity contribution in [1.29, 1.82) is 0 Å². The van der Waals surface area contributed by atoms with Crippen LogP contribution in [-0.4, -0.2) is 16.6 Å². The molecule has 128 valence electrons. The van der Waals surface area contributed by atoms with E-state index in [-0.39, 0.29) is 11.7 Å². The number of thiazole rings is 1. The minimum absolute atomic E-state index is 0.112. The Hall–Kier alpha value is -1.53. The van der Waals surface area contributed by atoms with Gasteiger partial charge < -0.3 is 5.32 Å². The highest BCUT2D eigenvalue weighted by Crippen LogP contribution is 2.29. The number of nitrogens with one attached hydrogen (secondary N) is 1. The van der Waals surface area contributed by atoms with Crippen LogP contribution in [0.15, 0.2) is 52.2 Å². The van der Waals surface area contributed by atoms with Crippen molar-refractivity contribution in [3.63, 3.8) is 0 Å². The summed E-state index contributed by atoms with van der Waals surface area (Å²) in [7, 11) is 0. The van der Waals surface area contributed by atoms with Crippen LogP contribution in [0.5, 0.6) is 0 Å². The van der Waals surface area contributed by atoms with E-state index in [0.29, 0.717) is 15.7 Å². The van der Waals surface area contributed by atoms with E-state index in [1.807, 2.05) is 54.8 Å². The van der Waals surface area contributed by atoms with Gasteiger partial charge in [-0.2, -0.15) is 0 Å². The number of hydrogen-bond acceptors (Lipinski definition) is 4. The van der Waals surface area contributed by atoms with Crippen LogP contribution in [0, 0.1) is 6.92 Å². The molecule has 0 radical (unpaired) electrons.